The summed E-state index contributed by atoms with van der Waals surface area (Å²) in [6, 6.07) is 16.3. The van der Waals surface area contributed by atoms with Gasteiger partial charge in [0.05, 0.1) is 18.1 Å². The van der Waals surface area contributed by atoms with Gasteiger partial charge in [0, 0.05) is 19.5 Å². The Balaban J connectivity index is 1.31. The van der Waals surface area contributed by atoms with E-state index in [0.29, 0.717) is 43.9 Å². The standard InChI is InChI=1S/C23H23FN6O/c24-19-9-6-18(7-10-19)14-26-22-20-15-29-30(23(20)28-16-27-22)13-12-25-21(31)11-8-17-4-2-1-3-5-17/h1-7,9-10,15-16H,8,11-14H2,(H,25,31)(H,26,27,28). The van der Waals surface area contributed by atoms with Gasteiger partial charge in [-0.2, -0.15) is 5.10 Å². The van der Waals surface area contributed by atoms with E-state index in [-0.39, 0.29) is 11.7 Å². The van der Waals surface area contributed by atoms with E-state index in [9.17, 15) is 9.18 Å². The van der Waals surface area contributed by atoms with Gasteiger partial charge < -0.3 is 10.6 Å². The maximum atomic E-state index is 13.1. The van der Waals surface area contributed by atoms with E-state index < -0.39 is 0 Å². The van der Waals surface area contributed by atoms with Crippen molar-refractivity contribution in [2.45, 2.75) is 25.9 Å². The molecule has 0 spiro atoms. The van der Waals surface area contributed by atoms with E-state index in [0.717, 1.165) is 16.5 Å². The van der Waals surface area contributed by atoms with E-state index in [1.165, 1.54) is 18.5 Å². The molecule has 2 heterocycles. The molecule has 0 aliphatic rings. The first-order valence-electron chi connectivity index (χ1n) is 10.1. The summed E-state index contributed by atoms with van der Waals surface area (Å²) in [6.45, 7) is 1.48. The van der Waals surface area contributed by atoms with Crippen LogP contribution in [0.25, 0.3) is 11.0 Å². The van der Waals surface area contributed by atoms with Crippen molar-refractivity contribution >= 4 is 22.8 Å². The molecule has 158 valence electrons. The normalized spacial score (nSPS) is 10.9. The molecule has 0 bridgehead atoms. The number of carbonyl (C=O) groups is 1. The molecule has 31 heavy (non-hydrogen) atoms. The number of anilines is 1. The van der Waals surface area contributed by atoms with E-state index >= 15 is 0 Å². The van der Waals surface area contributed by atoms with Crippen LogP contribution in [0.1, 0.15) is 17.5 Å². The molecule has 2 aromatic carbocycles. The number of hydrogen-bond acceptors (Lipinski definition) is 5. The topological polar surface area (TPSA) is 84.7 Å². The maximum Gasteiger partial charge on any atom is 0.220 e. The molecule has 2 N–H and O–H groups in total. The van der Waals surface area contributed by atoms with Gasteiger partial charge in [-0.05, 0) is 29.7 Å². The van der Waals surface area contributed by atoms with Crippen LogP contribution in [0.15, 0.2) is 67.1 Å². The second-order valence-electron chi connectivity index (χ2n) is 7.14. The number of nitrogens with one attached hydrogen (secondary N) is 2. The summed E-state index contributed by atoms with van der Waals surface area (Å²) < 4.78 is 14.8. The minimum absolute atomic E-state index is 0.0107. The lowest BCUT2D eigenvalue weighted by Crippen LogP contribution is -2.27. The number of carbonyl (C=O) groups excluding carboxylic acids is 1. The molecule has 8 heteroatoms. The van der Waals surface area contributed by atoms with Crippen molar-refractivity contribution in [3.63, 3.8) is 0 Å². The van der Waals surface area contributed by atoms with Gasteiger partial charge in [-0.25, -0.2) is 19.0 Å². The summed E-state index contributed by atoms with van der Waals surface area (Å²) in [6.07, 6.45) is 4.35. The molecule has 0 radical (unpaired) electrons. The van der Waals surface area contributed by atoms with Gasteiger partial charge in [-0.3, -0.25) is 4.79 Å². The highest BCUT2D eigenvalue weighted by molar-refractivity contribution is 5.86. The minimum atomic E-state index is -0.262. The van der Waals surface area contributed by atoms with Gasteiger partial charge in [-0.15, -0.1) is 0 Å². The number of rotatable bonds is 9. The number of amides is 1. The molecule has 2 aromatic heterocycles. The fourth-order valence-electron chi connectivity index (χ4n) is 3.28. The van der Waals surface area contributed by atoms with Crippen LogP contribution < -0.4 is 10.6 Å². The smallest absolute Gasteiger partial charge is 0.220 e. The lowest BCUT2D eigenvalue weighted by atomic mass is 10.1. The molecule has 0 saturated carbocycles. The van der Waals surface area contributed by atoms with Crippen LogP contribution in [0, 0.1) is 5.82 Å². The third-order valence-corrected chi connectivity index (χ3v) is 4.94. The van der Waals surface area contributed by atoms with E-state index in [2.05, 4.69) is 25.7 Å². The number of hydrogen-bond donors (Lipinski definition) is 2. The van der Waals surface area contributed by atoms with Gasteiger partial charge in [0.2, 0.25) is 5.91 Å². The Labute approximate surface area is 179 Å². The average molecular weight is 418 g/mol. The molecule has 0 saturated heterocycles. The highest BCUT2D eigenvalue weighted by Crippen LogP contribution is 2.19. The zero-order chi connectivity index (χ0) is 21.5. The Bertz CT molecular complexity index is 1140. The first kappa shape index (κ1) is 20.5. The average Bonchev–Trinajstić information content (AvgIpc) is 3.22. The van der Waals surface area contributed by atoms with E-state index in [1.807, 2.05) is 30.3 Å². The van der Waals surface area contributed by atoms with Crippen molar-refractivity contribution in [3.8, 4) is 0 Å². The van der Waals surface area contributed by atoms with Crippen molar-refractivity contribution < 1.29 is 9.18 Å². The first-order valence-corrected chi connectivity index (χ1v) is 10.1. The zero-order valence-electron chi connectivity index (χ0n) is 17.0. The van der Waals surface area contributed by atoms with Crippen molar-refractivity contribution in [1.29, 1.82) is 0 Å². The Morgan fingerprint density at radius 1 is 1.00 bits per heavy atom. The Kier molecular flexibility index (Phi) is 6.47. The van der Waals surface area contributed by atoms with Gasteiger partial charge in [-0.1, -0.05) is 42.5 Å². The van der Waals surface area contributed by atoms with Gasteiger partial charge >= 0.3 is 0 Å². The first-order chi connectivity index (χ1) is 15.2. The number of benzene rings is 2. The van der Waals surface area contributed by atoms with Crippen LogP contribution in [0.3, 0.4) is 0 Å². The SMILES string of the molecule is O=C(CCc1ccccc1)NCCn1ncc2c(NCc3ccc(F)cc3)ncnc21. The highest BCUT2D eigenvalue weighted by atomic mass is 19.1. The molecule has 4 rings (SSSR count). The highest BCUT2D eigenvalue weighted by Gasteiger charge is 2.10. The van der Waals surface area contributed by atoms with E-state index in [4.69, 9.17) is 0 Å². The number of aromatic nitrogens is 4. The molecule has 7 nitrogen and oxygen atoms in total. The van der Waals surface area contributed by atoms with Crippen LogP contribution in [0.5, 0.6) is 0 Å². The minimum Gasteiger partial charge on any atom is -0.365 e. The van der Waals surface area contributed by atoms with Crippen LogP contribution in [-0.4, -0.2) is 32.2 Å². The Morgan fingerprint density at radius 3 is 2.61 bits per heavy atom. The zero-order valence-corrected chi connectivity index (χ0v) is 17.0. The largest absolute Gasteiger partial charge is 0.365 e. The molecule has 0 atom stereocenters. The molecule has 0 aliphatic heterocycles. The summed E-state index contributed by atoms with van der Waals surface area (Å²) in [5.41, 5.74) is 2.78. The third-order valence-electron chi connectivity index (χ3n) is 4.94. The van der Waals surface area contributed by atoms with Crippen molar-refractivity contribution in [3.05, 3.63) is 84.1 Å². The van der Waals surface area contributed by atoms with Crippen LogP contribution >= 0.6 is 0 Å². The van der Waals surface area contributed by atoms with Crippen LogP contribution in [0.4, 0.5) is 10.2 Å². The summed E-state index contributed by atoms with van der Waals surface area (Å²) in [7, 11) is 0. The van der Waals surface area contributed by atoms with Crippen LogP contribution in [-0.2, 0) is 24.3 Å². The third kappa shape index (κ3) is 5.42. The van der Waals surface area contributed by atoms with Crippen molar-refractivity contribution in [1.82, 2.24) is 25.1 Å². The molecular weight excluding hydrogens is 395 g/mol. The van der Waals surface area contributed by atoms with Gasteiger partial charge in [0.25, 0.3) is 0 Å². The fourth-order valence-corrected chi connectivity index (χ4v) is 3.28. The molecule has 0 aliphatic carbocycles. The number of aryl methyl sites for hydroxylation is 1. The quantitative estimate of drug-likeness (QED) is 0.436. The fraction of sp³-hybridized carbons (Fsp3) is 0.217. The Hall–Kier alpha value is -3.81. The molecule has 0 fully saturated rings. The van der Waals surface area contributed by atoms with Crippen molar-refractivity contribution in [2.24, 2.45) is 0 Å². The van der Waals surface area contributed by atoms with Crippen LogP contribution in [0.2, 0.25) is 0 Å². The summed E-state index contributed by atoms with van der Waals surface area (Å²) >= 11 is 0. The molecular formula is C23H23FN6O. The summed E-state index contributed by atoms with van der Waals surface area (Å²) in [5.74, 6) is 0.408. The molecule has 0 unspecified atom stereocenters. The van der Waals surface area contributed by atoms with Gasteiger partial charge in [0.1, 0.15) is 18.0 Å². The Morgan fingerprint density at radius 2 is 1.81 bits per heavy atom. The van der Waals surface area contributed by atoms with Gasteiger partial charge in [0.15, 0.2) is 5.65 Å². The maximum absolute atomic E-state index is 13.1. The number of nitrogens with zero attached hydrogens (tertiary/aromatic N) is 4. The summed E-state index contributed by atoms with van der Waals surface area (Å²) in [5, 5.41) is 11.4. The lowest BCUT2D eigenvalue weighted by molar-refractivity contribution is -0.121. The summed E-state index contributed by atoms with van der Waals surface area (Å²) in [4.78, 5) is 20.7. The van der Waals surface area contributed by atoms with E-state index in [1.54, 1.807) is 23.0 Å². The second-order valence-corrected chi connectivity index (χ2v) is 7.14. The lowest BCUT2D eigenvalue weighted by Gasteiger charge is -2.08. The number of halogens is 1. The van der Waals surface area contributed by atoms with Crippen molar-refractivity contribution in [2.75, 3.05) is 11.9 Å². The predicted octanol–water partition coefficient (Wildman–Crippen LogP) is 3.33. The number of fused-ring (bicyclic) bond motifs is 1. The monoisotopic (exact) mass is 418 g/mol. The molecule has 4 aromatic rings. The second kappa shape index (κ2) is 9.80. The molecule has 1 amide bonds. The predicted molar refractivity (Wildman–Crippen MR) is 117 cm³/mol.